The molecule has 0 amide bonds. The number of nitrogens with zero attached hydrogens (tertiary/aromatic N) is 1. The fourth-order valence-corrected chi connectivity index (χ4v) is 1.55. The van der Waals surface area contributed by atoms with E-state index in [9.17, 15) is 0 Å². The second-order valence-electron chi connectivity index (χ2n) is 3.21. The minimum absolute atomic E-state index is 0.451. The van der Waals surface area contributed by atoms with Crippen molar-refractivity contribution in [3.8, 4) is 0 Å². The van der Waals surface area contributed by atoms with Crippen LogP contribution >= 0.6 is 27.5 Å². The first-order valence-electron chi connectivity index (χ1n) is 3.51. The molecule has 2 nitrogen and oxygen atoms in total. The van der Waals surface area contributed by atoms with Crippen LogP contribution in [0, 0.1) is 0 Å². The van der Waals surface area contributed by atoms with Crippen molar-refractivity contribution >= 4 is 27.5 Å². The molecule has 2 N–H and O–H groups in total. The van der Waals surface area contributed by atoms with Crippen LogP contribution in [0.25, 0.3) is 0 Å². The van der Waals surface area contributed by atoms with Gasteiger partial charge in [-0.3, -0.25) is 0 Å². The lowest BCUT2D eigenvalue weighted by molar-refractivity contribution is 0.552. The predicted molar refractivity (Wildman–Crippen MR) is 54.2 cm³/mol. The van der Waals surface area contributed by atoms with Crippen LogP contribution in [0.4, 0.5) is 0 Å². The molecule has 0 saturated carbocycles. The zero-order chi connectivity index (χ0) is 9.35. The summed E-state index contributed by atoms with van der Waals surface area (Å²) in [6, 6.07) is 1.88. The highest BCUT2D eigenvalue weighted by Crippen LogP contribution is 2.26. The molecule has 0 spiro atoms. The molecule has 0 bridgehead atoms. The molecule has 0 atom stereocenters. The fourth-order valence-electron chi connectivity index (χ4n) is 0.874. The molecule has 0 saturated heterocycles. The lowest BCUT2D eigenvalue weighted by atomic mass is 9.98. The first-order chi connectivity index (χ1) is 5.41. The zero-order valence-corrected chi connectivity index (χ0v) is 9.28. The normalized spacial score (nSPS) is 11.8. The smallest absolute Gasteiger partial charge is 0.134 e. The van der Waals surface area contributed by atoms with Crippen LogP contribution in [-0.4, -0.2) is 4.98 Å². The average molecular weight is 250 g/mol. The minimum atomic E-state index is -0.451. The SMILES string of the molecule is CC(C)(N)c1cc(Br)cnc1Cl. The maximum absolute atomic E-state index is 5.88. The first kappa shape index (κ1) is 9.96. The molecule has 0 fully saturated rings. The van der Waals surface area contributed by atoms with Crippen LogP contribution in [0.3, 0.4) is 0 Å². The van der Waals surface area contributed by atoms with Gasteiger partial charge in [-0.1, -0.05) is 11.6 Å². The second kappa shape index (κ2) is 3.32. The Kier molecular flexibility index (Phi) is 2.76. The van der Waals surface area contributed by atoms with Crippen LogP contribution < -0.4 is 5.73 Å². The van der Waals surface area contributed by atoms with Crippen molar-refractivity contribution in [2.75, 3.05) is 0 Å². The molecular weight excluding hydrogens is 239 g/mol. The Morgan fingerprint density at radius 1 is 1.58 bits per heavy atom. The molecule has 0 aromatic carbocycles. The highest BCUT2D eigenvalue weighted by molar-refractivity contribution is 9.10. The zero-order valence-electron chi connectivity index (χ0n) is 6.94. The Labute approximate surface area is 85.3 Å². The van der Waals surface area contributed by atoms with E-state index in [1.54, 1.807) is 6.20 Å². The highest BCUT2D eigenvalue weighted by atomic mass is 79.9. The monoisotopic (exact) mass is 248 g/mol. The lowest BCUT2D eigenvalue weighted by Crippen LogP contribution is -2.29. The molecule has 1 aromatic rings. The van der Waals surface area contributed by atoms with Gasteiger partial charge in [-0.05, 0) is 35.8 Å². The van der Waals surface area contributed by atoms with Gasteiger partial charge in [0, 0.05) is 21.8 Å². The quantitative estimate of drug-likeness (QED) is 0.777. The number of pyridine rings is 1. The average Bonchev–Trinajstić information content (AvgIpc) is 1.92. The van der Waals surface area contributed by atoms with E-state index in [1.165, 1.54) is 0 Å². The van der Waals surface area contributed by atoms with Gasteiger partial charge in [-0.15, -0.1) is 0 Å². The van der Waals surface area contributed by atoms with Gasteiger partial charge in [0.25, 0.3) is 0 Å². The third-order valence-corrected chi connectivity index (χ3v) is 2.23. The number of hydrogen-bond donors (Lipinski definition) is 1. The third-order valence-electron chi connectivity index (χ3n) is 1.50. The van der Waals surface area contributed by atoms with E-state index in [1.807, 2.05) is 19.9 Å². The molecule has 0 radical (unpaired) electrons. The Bertz CT molecular complexity index is 294. The first-order valence-corrected chi connectivity index (χ1v) is 4.69. The van der Waals surface area contributed by atoms with Crippen molar-refractivity contribution in [2.45, 2.75) is 19.4 Å². The van der Waals surface area contributed by atoms with E-state index < -0.39 is 5.54 Å². The summed E-state index contributed by atoms with van der Waals surface area (Å²) >= 11 is 9.18. The molecule has 1 rings (SSSR count). The van der Waals surface area contributed by atoms with Crippen molar-refractivity contribution in [3.05, 3.63) is 27.5 Å². The summed E-state index contributed by atoms with van der Waals surface area (Å²) in [7, 11) is 0. The van der Waals surface area contributed by atoms with Crippen molar-refractivity contribution in [1.82, 2.24) is 4.98 Å². The van der Waals surface area contributed by atoms with Gasteiger partial charge >= 0.3 is 0 Å². The van der Waals surface area contributed by atoms with Gasteiger partial charge in [-0.2, -0.15) is 0 Å². The van der Waals surface area contributed by atoms with Gasteiger partial charge in [-0.25, -0.2) is 4.98 Å². The molecule has 0 aliphatic carbocycles. The number of aromatic nitrogens is 1. The summed E-state index contributed by atoms with van der Waals surface area (Å²) in [5, 5.41) is 0.464. The van der Waals surface area contributed by atoms with Gasteiger partial charge in [0.15, 0.2) is 0 Å². The van der Waals surface area contributed by atoms with E-state index in [0.29, 0.717) is 5.15 Å². The highest BCUT2D eigenvalue weighted by Gasteiger charge is 2.18. The van der Waals surface area contributed by atoms with Crippen LogP contribution in [-0.2, 0) is 5.54 Å². The third kappa shape index (κ3) is 2.19. The summed E-state index contributed by atoms with van der Waals surface area (Å²) in [5.41, 5.74) is 6.28. The van der Waals surface area contributed by atoms with Crippen LogP contribution in [0.5, 0.6) is 0 Å². The summed E-state index contributed by atoms with van der Waals surface area (Å²) in [4.78, 5) is 3.98. The molecule has 1 aromatic heterocycles. The fraction of sp³-hybridized carbons (Fsp3) is 0.375. The van der Waals surface area contributed by atoms with Crippen molar-refractivity contribution in [3.63, 3.8) is 0 Å². The number of rotatable bonds is 1. The van der Waals surface area contributed by atoms with E-state index in [0.717, 1.165) is 10.0 Å². The van der Waals surface area contributed by atoms with Crippen molar-refractivity contribution < 1.29 is 0 Å². The Balaban J connectivity index is 3.23. The molecule has 0 unspecified atom stereocenters. The van der Waals surface area contributed by atoms with Crippen molar-refractivity contribution in [2.24, 2.45) is 5.73 Å². The van der Waals surface area contributed by atoms with Gasteiger partial charge < -0.3 is 5.73 Å². The van der Waals surface area contributed by atoms with E-state index in [2.05, 4.69) is 20.9 Å². The molecular formula is C8H10BrClN2. The maximum atomic E-state index is 5.88. The Hall–Kier alpha value is -0.120. The summed E-state index contributed by atoms with van der Waals surface area (Å²) < 4.78 is 0.889. The standard InChI is InChI=1S/C8H10BrClN2/c1-8(2,11)6-3-5(9)4-12-7(6)10/h3-4H,11H2,1-2H3. The van der Waals surface area contributed by atoms with Gasteiger partial charge in [0.05, 0.1) is 0 Å². The Morgan fingerprint density at radius 2 is 2.17 bits per heavy atom. The topological polar surface area (TPSA) is 38.9 Å². The molecule has 0 aliphatic heterocycles. The van der Waals surface area contributed by atoms with E-state index in [-0.39, 0.29) is 0 Å². The van der Waals surface area contributed by atoms with Crippen molar-refractivity contribution in [1.29, 1.82) is 0 Å². The lowest BCUT2D eigenvalue weighted by Gasteiger charge is -2.19. The summed E-state index contributed by atoms with van der Waals surface area (Å²) in [5.74, 6) is 0. The predicted octanol–water partition coefficient (Wildman–Crippen LogP) is 2.69. The molecule has 1 heterocycles. The van der Waals surface area contributed by atoms with E-state index in [4.69, 9.17) is 17.3 Å². The maximum Gasteiger partial charge on any atom is 0.134 e. The van der Waals surface area contributed by atoms with Crippen LogP contribution in [0.1, 0.15) is 19.4 Å². The number of nitrogens with two attached hydrogens (primary N) is 1. The Morgan fingerprint density at radius 3 is 2.58 bits per heavy atom. The largest absolute Gasteiger partial charge is 0.322 e. The van der Waals surface area contributed by atoms with Gasteiger partial charge in [0.2, 0.25) is 0 Å². The minimum Gasteiger partial charge on any atom is -0.322 e. The summed E-state index contributed by atoms with van der Waals surface area (Å²) in [6.45, 7) is 3.78. The van der Waals surface area contributed by atoms with E-state index >= 15 is 0 Å². The second-order valence-corrected chi connectivity index (χ2v) is 4.49. The van der Waals surface area contributed by atoms with Gasteiger partial charge in [0.1, 0.15) is 5.15 Å². The van der Waals surface area contributed by atoms with Crippen LogP contribution in [0.2, 0.25) is 5.15 Å². The molecule has 12 heavy (non-hydrogen) atoms. The molecule has 0 aliphatic rings. The van der Waals surface area contributed by atoms with Crippen LogP contribution in [0.15, 0.2) is 16.7 Å². The number of halogens is 2. The molecule has 66 valence electrons. The summed E-state index contributed by atoms with van der Waals surface area (Å²) in [6.07, 6.45) is 1.65. The molecule has 4 heteroatoms. The number of hydrogen-bond acceptors (Lipinski definition) is 2.